The molecule has 0 amide bonds. The summed E-state index contributed by atoms with van der Waals surface area (Å²) in [5, 5.41) is 2.65. The fraction of sp³-hybridized carbons (Fsp3) is 0.812. The fourth-order valence-electron chi connectivity index (χ4n) is 4.12. The summed E-state index contributed by atoms with van der Waals surface area (Å²) in [7, 11) is 0. The predicted octanol–water partition coefficient (Wildman–Crippen LogP) is 4.89. The maximum Gasteiger partial charge on any atom is 0.0665 e. The molecule has 0 aromatic carbocycles. The zero-order chi connectivity index (χ0) is 13.3. The van der Waals surface area contributed by atoms with Crippen molar-refractivity contribution < 1.29 is 0 Å². The Hall–Kier alpha value is -0.460. The fourth-order valence-corrected chi connectivity index (χ4v) is 4.25. The molecule has 2 heteroatoms. The standard InChI is InChI=1S/C16H25NS/c1-11(2)13-7-8-16(4)14(13)9-12(3)5-6-15(16)17-10-18/h9,11,13-15H,5-8H2,1-4H3. The highest BCUT2D eigenvalue weighted by atomic mass is 32.1. The van der Waals surface area contributed by atoms with Gasteiger partial charge >= 0.3 is 0 Å². The molecule has 2 rings (SSSR count). The second-order valence-corrected chi connectivity index (χ2v) is 6.95. The van der Waals surface area contributed by atoms with Crippen LogP contribution in [0.5, 0.6) is 0 Å². The number of aliphatic imine (C=N–C) groups is 1. The lowest BCUT2D eigenvalue weighted by Gasteiger charge is -2.36. The van der Waals surface area contributed by atoms with Crippen LogP contribution in [-0.4, -0.2) is 11.2 Å². The summed E-state index contributed by atoms with van der Waals surface area (Å²) in [6.45, 7) is 9.43. The van der Waals surface area contributed by atoms with Gasteiger partial charge in [-0.1, -0.05) is 32.4 Å². The minimum Gasteiger partial charge on any atom is -0.229 e. The van der Waals surface area contributed by atoms with Crippen molar-refractivity contribution in [2.75, 3.05) is 0 Å². The van der Waals surface area contributed by atoms with E-state index >= 15 is 0 Å². The van der Waals surface area contributed by atoms with Gasteiger partial charge in [0.1, 0.15) is 0 Å². The summed E-state index contributed by atoms with van der Waals surface area (Å²) in [4.78, 5) is 4.52. The van der Waals surface area contributed by atoms with E-state index in [4.69, 9.17) is 12.2 Å². The molecular formula is C16H25NS. The molecule has 2 aliphatic carbocycles. The summed E-state index contributed by atoms with van der Waals surface area (Å²) in [5.41, 5.74) is 1.85. The largest absolute Gasteiger partial charge is 0.229 e. The number of isothiocyanates is 1. The third kappa shape index (κ3) is 2.33. The van der Waals surface area contributed by atoms with Gasteiger partial charge in [-0.05, 0) is 68.0 Å². The summed E-state index contributed by atoms with van der Waals surface area (Å²) < 4.78 is 0. The van der Waals surface area contributed by atoms with Gasteiger partial charge in [0.05, 0.1) is 11.2 Å². The van der Waals surface area contributed by atoms with Crippen LogP contribution in [0.4, 0.5) is 0 Å². The molecule has 0 N–H and O–H groups in total. The van der Waals surface area contributed by atoms with E-state index in [1.54, 1.807) is 5.57 Å². The van der Waals surface area contributed by atoms with E-state index in [1.807, 2.05) is 0 Å². The second-order valence-electron chi connectivity index (χ2n) is 6.77. The Bertz CT molecular complexity index is 392. The Kier molecular flexibility index (Phi) is 4.08. The summed E-state index contributed by atoms with van der Waals surface area (Å²) >= 11 is 4.86. The molecule has 2 aliphatic rings. The molecule has 0 bridgehead atoms. The average molecular weight is 263 g/mol. The number of thiocarbonyl (C=S) groups is 1. The van der Waals surface area contributed by atoms with Crippen LogP contribution in [0.2, 0.25) is 0 Å². The van der Waals surface area contributed by atoms with Crippen LogP contribution >= 0.6 is 12.2 Å². The minimum atomic E-state index is 0.304. The lowest BCUT2D eigenvalue weighted by molar-refractivity contribution is 0.174. The zero-order valence-corrected chi connectivity index (χ0v) is 12.9. The van der Waals surface area contributed by atoms with Crippen molar-refractivity contribution in [1.29, 1.82) is 0 Å². The first-order valence-corrected chi connectivity index (χ1v) is 7.64. The average Bonchev–Trinajstić information content (AvgIpc) is 2.58. The van der Waals surface area contributed by atoms with E-state index in [1.165, 1.54) is 19.3 Å². The van der Waals surface area contributed by atoms with E-state index in [-0.39, 0.29) is 0 Å². The van der Waals surface area contributed by atoms with Crippen LogP contribution in [0.3, 0.4) is 0 Å². The third-order valence-corrected chi connectivity index (χ3v) is 5.45. The highest BCUT2D eigenvalue weighted by Crippen LogP contribution is 2.55. The maximum atomic E-state index is 4.86. The Morgan fingerprint density at radius 1 is 1.44 bits per heavy atom. The molecule has 1 saturated carbocycles. The van der Waals surface area contributed by atoms with Gasteiger partial charge in [-0.2, -0.15) is 0 Å². The van der Waals surface area contributed by atoms with E-state index in [0.29, 0.717) is 17.4 Å². The molecule has 0 spiro atoms. The number of allylic oxidation sites excluding steroid dienone is 2. The lowest BCUT2D eigenvalue weighted by Crippen LogP contribution is -2.35. The van der Waals surface area contributed by atoms with Crippen LogP contribution in [0.25, 0.3) is 0 Å². The van der Waals surface area contributed by atoms with Crippen molar-refractivity contribution in [2.45, 2.75) is 59.4 Å². The highest BCUT2D eigenvalue weighted by Gasteiger charge is 2.50. The highest BCUT2D eigenvalue weighted by molar-refractivity contribution is 7.78. The van der Waals surface area contributed by atoms with E-state index < -0.39 is 0 Å². The van der Waals surface area contributed by atoms with Crippen LogP contribution < -0.4 is 0 Å². The Labute approximate surface area is 117 Å². The molecule has 0 heterocycles. The van der Waals surface area contributed by atoms with Crippen molar-refractivity contribution in [3.63, 3.8) is 0 Å². The monoisotopic (exact) mass is 263 g/mol. The molecule has 0 saturated heterocycles. The van der Waals surface area contributed by atoms with Crippen LogP contribution in [0, 0.1) is 23.2 Å². The Balaban J connectivity index is 2.39. The normalized spacial score (nSPS) is 39.8. The molecule has 4 unspecified atom stereocenters. The minimum absolute atomic E-state index is 0.304. The van der Waals surface area contributed by atoms with Crippen LogP contribution in [-0.2, 0) is 0 Å². The number of hydrogen-bond acceptors (Lipinski definition) is 2. The van der Waals surface area contributed by atoms with Crippen molar-refractivity contribution in [3.8, 4) is 0 Å². The van der Waals surface area contributed by atoms with Crippen molar-refractivity contribution in [1.82, 2.24) is 0 Å². The van der Waals surface area contributed by atoms with E-state index in [0.717, 1.165) is 18.3 Å². The van der Waals surface area contributed by atoms with Crippen molar-refractivity contribution in [2.24, 2.45) is 28.2 Å². The van der Waals surface area contributed by atoms with Gasteiger partial charge in [0.25, 0.3) is 0 Å². The van der Waals surface area contributed by atoms with Gasteiger partial charge in [-0.3, -0.25) is 0 Å². The zero-order valence-electron chi connectivity index (χ0n) is 12.1. The second kappa shape index (κ2) is 5.27. The molecule has 0 radical (unpaired) electrons. The number of rotatable bonds is 2. The molecule has 0 aromatic heterocycles. The molecule has 0 aromatic rings. The maximum absolute atomic E-state index is 4.86. The summed E-state index contributed by atoms with van der Waals surface area (Å²) in [6.07, 6.45) is 7.49. The van der Waals surface area contributed by atoms with Gasteiger partial charge < -0.3 is 0 Å². The SMILES string of the molecule is CC1=CC2C(C(C)C)CCC2(C)C(N=C=S)CC1. The number of fused-ring (bicyclic) bond motifs is 1. The van der Waals surface area contributed by atoms with Crippen LogP contribution in [0.15, 0.2) is 16.6 Å². The first-order chi connectivity index (χ1) is 8.49. The van der Waals surface area contributed by atoms with Gasteiger partial charge in [0.2, 0.25) is 0 Å². The smallest absolute Gasteiger partial charge is 0.0665 e. The number of hydrogen-bond donors (Lipinski definition) is 0. The lowest BCUT2D eigenvalue weighted by atomic mass is 9.70. The first kappa shape index (κ1) is 14.0. The topological polar surface area (TPSA) is 12.4 Å². The van der Waals surface area contributed by atoms with Gasteiger partial charge in [-0.15, -0.1) is 0 Å². The predicted molar refractivity (Wildman–Crippen MR) is 81.0 cm³/mol. The molecule has 0 aliphatic heterocycles. The summed E-state index contributed by atoms with van der Waals surface area (Å²) in [5.74, 6) is 2.25. The van der Waals surface area contributed by atoms with E-state index in [2.05, 4.69) is 43.9 Å². The molecule has 4 atom stereocenters. The quantitative estimate of drug-likeness (QED) is 0.393. The van der Waals surface area contributed by atoms with Gasteiger partial charge in [-0.25, -0.2) is 4.99 Å². The molecule has 100 valence electrons. The van der Waals surface area contributed by atoms with E-state index in [9.17, 15) is 0 Å². The molecule has 18 heavy (non-hydrogen) atoms. The Morgan fingerprint density at radius 3 is 2.78 bits per heavy atom. The Morgan fingerprint density at radius 2 is 2.17 bits per heavy atom. The van der Waals surface area contributed by atoms with Gasteiger partial charge in [0.15, 0.2) is 0 Å². The first-order valence-electron chi connectivity index (χ1n) is 7.23. The van der Waals surface area contributed by atoms with Gasteiger partial charge in [0, 0.05) is 0 Å². The van der Waals surface area contributed by atoms with Crippen molar-refractivity contribution in [3.05, 3.63) is 11.6 Å². The van der Waals surface area contributed by atoms with Crippen molar-refractivity contribution >= 4 is 17.4 Å². The molecular weight excluding hydrogens is 238 g/mol. The summed E-state index contributed by atoms with van der Waals surface area (Å²) in [6, 6.07) is 0.373. The number of nitrogens with zero attached hydrogens (tertiary/aromatic N) is 1. The molecule has 1 fully saturated rings. The van der Waals surface area contributed by atoms with Crippen LogP contribution in [0.1, 0.15) is 53.4 Å². The molecule has 1 nitrogen and oxygen atoms in total. The third-order valence-electron chi connectivity index (χ3n) is 5.34.